The predicted octanol–water partition coefficient (Wildman–Crippen LogP) is 3.93. The quantitative estimate of drug-likeness (QED) is 0.711. The van der Waals surface area contributed by atoms with E-state index in [1.165, 1.54) is 0 Å². The zero-order valence-corrected chi connectivity index (χ0v) is 14.7. The molecule has 0 atom stereocenters. The number of aromatic nitrogens is 2. The van der Waals surface area contributed by atoms with Crippen molar-refractivity contribution in [3.05, 3.63) is 71.1 Å². The molecule has 0 aliphatic heterocycles. The number of fused-ring (bicyclic) bond motifs is 1. The first-order valence-electron chi connectivity index (χ1n) is 8.45. The topological polar surface area (TPSA) is 78.4 Å². The molecule has 0 aliphatic carbocycles. The molecule has 0 amide bonds. The molecule has 0 fully saturated rings. The van der Waals surface area contributed by atoms with E-state index in [0.717, 1.165) is 46.1 Å². The number of rotatable bonds is 5. The van der Waals surface area contributed by atoms with Crippen molar-refractivity contribution < 1.29 is 9.90 Å². The van der Waals surface area contributed by atoms with Gasteiger partial charge in [-0.05, 0) is 55.2 Å². The average Bonchev–Trinajstić information content (AvgIpc) is 3.04. The molecule has 3 rings (SSSR count). The van der Waals surface area contributed by atoms with Gasteiger partial charge in [0.25, 0.3) is 0 Å². The van der Waals surface area contributed by atoms with E-state index in [1.807, 2.05) is 35.7 Å². The highest BCUT2D eigenvalue weighted by Crippen LogP contribution is 2.32. The number of carboxylic acid groups (broad SMARTS) is 1. The van der Waals surface area contributed by atoms with Gasteiger partial charge < -0.3 is 5.11 Å². The largest absolute Gasteiger partial charge is 0.478 e. The molecule has 26 heavy (non-hydrogen) atoms. The third-order valence-corrected chi connectivity index (χ3v) is 4.40. The van der Waals surface area contributed by atoms with Crippen LogP contribution in [0.5, 0.6) is 0 Å². The third kappa shape index (κ3) is 3.22. The maximum atomic E-state index is 10.8. The van der Waals surface area contributed by atoms with Crippen LogP contribution in [0.15, 0.2) is 48.6 Å². The molecule has 1 aromatic carbocycles. The number of benzene rings is 1. The zero-order valence-electron chi connectivity index (χ0n) is 14.7. The highest BCUT2D eigenvalue weighted by Gasteiger charge is 2.16. The minimum atomic E-state index is -0.972. The second-order valence-corrected chi connectivity index (χ2v) is 6.05. The van der Waals surface area contributed by atoms with E-state index < -0.39 is 5.97 Å². The molecule has 3 aromatic rings. The predicted molar refractivity (Wildman–Crippen MR) is 99.9 cm³/mol. The number of hydrogen-bond donors (Lipinski definition) is 1. The number of carbonyl (C=O) groups is 1. The fourth-order valence-corrected chi connectivity index (χ4v) is 3.19. The van der Waals surface area contributed by atoms with Crippen LogP contribution >= 0.6 is 0 Å². The van der Waals surface area contributed by atoms with Crippen LogP contribution in [0.2, 0.25) is 0 Å². The molecule has 2 aromatic heterocycles. The fourth-order valence-electron chi connectivity index (χ4n) is 3.19. The summed E-state index contributed by atoms with van der Waals surface area (Å²) in [6.07, 6.45) is 4.09. The lowest BCUT2D eigenvalue weighted by atomic mass is 9.95. The molecule has 0 bridgehead atoms. The van der Waals surface area contributed by atoms with E-state index in [-0.39, 0.29) is 0 Å². The van der Waals surface area contributed by atoms with Gasteiger partial charge >= 0.3 is 5.97 Å². The van der Waals surface area contributed by atoms with Crippen LogP contribution in [0.4, 0.5) is 0 Å². The highest BCUT2D eigenvalue weighted by molar-refractivity contribution is 5.85. The van der Waals surface area contributed by atoms with Crippen molar-refractivity contribution in [3.63, 3.8) is 0 Å². The third-order valence-electron chi connectivity index (χ3n) is 4.40. The summed E-state index contributed by atoms with van der Waals surface area (Å²) >= 11 is 0. The molecule has 1 N–H and O–H groups in total. The lowest BCUT2D eigenvalue weighted by Gasteiger charge is -2.15. The van der Waals surface area contributed by atoms with Crippen LogP contribution in [0, 0.1) is 18.3 Å². The first-order valence-corrected chi connectivity index (χ1v) is 8.45. The smallest absolute Gasteiger partial charge is 0.327 e. The SMILES string of the molecule is CCc1ccc2c(-c3cccc(C#N)c3)c(C/C=C/C(=O)O)c(C)nn12. The van der Waals surface area contributed by atoms with Crippen molar-refractivity contribution in [1.82, 2.24) is 9.61 Å². The van der Waals surface area contributed by atoms with Crippen molar-refractivity contribution in [1.29, 1.82) is 5.26 Å². The molecule has 0 saturated carbocycles. The van der Waals surface area contributed by atoms with Crippen molar-refractivity contribution in [2.24, 2.45) is 0 Å². The van der Waals surface area contributed by atoms with Crippen LogP contribution in [-0.2, 0) is 17.6 Å². The molecule has 0 saturated heterocycles. The van der Waals surface area contributed by atoms with Gasteiger partial charge in [-0.1, -0.05) is 25.1 Å². The van der Waals surface area contributed by atoms with Crippen molar-refractivity contribution >= 4 is 11.5 Å². The Labute approximate surface area is 151 Å². The summed E-state index contributed by atoms with van der Waals surface area (Å²) < 4.78 is 1.94. The molecule has 130 valence electrons. The first kappa shape index (κ1) is 17.4. The van der Waals surface area contributed by atoms with E-state index in [0.29, 0.717) is 12.0 Å². The number of aliphatic carboxylic acids is 1. The number of carboxylic acids is 1. The van der Waals surface area contributed by atoms with E-state index >= 15 is 0 Å². The van der Waals surface area contributed by atoms with Crippen molar-refractivity contribution in [2.75, 3.05) is 0 Å². The Hall–Kier alpha value is -3.39. The van der Waals surface area contributed by atoms with Gasteiger partial charge in [0, 0.05) is 17.3 Å². The maximum Gasteiger partial charge on any atom is 0.327 e. The molecule has 0 aliphatic rings. The zero-order chi connectivity index (χ0) is 18.7. The van der Waals surface area contributed by atoms with Crippen molar-refractivity contribution in [3.8, 4) is 17.2 Å². The summed E-state index contributed by atoms with van der Waals surface area (Å²) in [6.45, 7) is 4.01. The summed E-state index contributed by atoms with van der Waals surface area (Å²) in [4.78, 5) is 10.8. The number of aryl methyl sites for hydroxylation is 2. The second kappa shape index (κ2) is 7.24. The lowest BCUT2D eigenvalue weighted by molar-refractivity contribution is -0.131. The molecular formula is C21H19N3O2. The molecule has 0 radical (unpaired) electrons. The van der Waals surface area contributed by atoms with E-state index in [1.54, 1.807) is 12.1 Å². The van der Waals surface area contributed by atoms with Gasteiger partial charge in [0.1, 0.15) is 0 Å². The Bertz CT molecular complexity index is 1060. The molecule has 0 unspecified atom stereocenters. The molecule has 5 heteroatoms. The summed E-state index contributed by atoms with van der Waals surface area (Å²) in [5.74, 6) is -0.972. The number of hydrogen-bond acceptors (Lipinski definition) is 3. The van der Waals surface area contributed by atoms with Gasteiger partial charge in [-0.2, -0.15) is 10.4 Å². The first-order chi connectivity index (χ1) is 12.5. The monoisotopic (exact) mass is 345 g/mol. The standard InChI is InChI=1S/C21H19N3O2/c1-3-17-10-11-19-21(16-7-4-6-15(12-16)13-22)18(8-5-9-20(25)26)14(2)23-24(17)19/h4-7,9-12H,3,8H2,1-2H3,(H,25,26)/b9-5+. The van der Waals surface area contributed by atoms with Crippen LogP contribution in [0.25, 0.3) is 16.6 Å². The van der Waals surface area contributed by atoms with Gasteiger partial charge in [0.15, 0.2) is 0 Å². The number of nitriles is 1. The average molecular weight is 345 g/mol. The van der Waals surface area contributed by atoms with E-state index in [4.69, 9.17) is 10.2 Å². The van der Waals surface area contributed by atoms with Gasteiger partial charge in [-0.25, -0.2) is 9.31 Å². The Morgan fingerprint density at radius 2 is 2.15 bits per heavy atom. The Balaban J connectivity index is 2.29. The molecule has 5 nitrogen and oxygen atoms in total. The van der Waals surface area contributed by atoms with Crippen molar-refractivity contribution in [2.45, 2.75) is 26.7 Å². The highest BCUT2D eigenvalue weighted by atomic mass is 16.4. The van der Waals surface area contributed by atoms with Gasteiger partial charge in [0.2, 0.25) is 0 Å². The lowest BCUT2D eigenvalue weighted by Crippen LogP contribution is -2.05. The molecular weight excluding hydrogens is 326 g/mol. The summed E-state index contributed by atoms with van der Waals surface area (Å²) in [6, 6.07) is 13.7. The van der Waals surface area contributed by atoms with E-state index in [9.17, 15) is 10.1 Å². The van der Waals surface area contributed by atoms with E-state index in [2.05, 4.69) is 19.1 Å². The summed E-state index contributed by atoms with van der Waals surface area (Å²) in [5.41, 5.74) is 6.38. The second-order valence-electron chi connectivity index (χ2n) is 6.05. The van der Waals surface area contributed by atoms with Gasteiger partial charge in [-0.3, -0.25) is 0 Å². The molecule has 0 spiro atoms. The Kier molecular flexibility index (Phi) is 4.85. The van der Waals surface area contributed by atoms with Crippen LogP contribution in [-0.4, -0.2) is 20.7 Å². The Morgan fingerprint density at radius 3 is 2.85 bits per heavy atom. The fraction of sp³-hybridized carbons (Fsp3) is 0.190. The molecule has 2 heterocycles. The van der Waals surface area contributed by atoms with Crippen LogP contribution in [0.3, 0.4) is 0 Å². The Morgan fingerprint density at radius 1 is 1.35 bits per heavy atom. The summed E-state index contributed by atoms with van der Waals surface area (Å²) in [5, 5.41) is 22.8. The normalized spacial score (nSPS) is 11.1. The minimum Gasteiger partial charge on any atom is -0.478 e. The maximum absolute atomic E-state index is 10.8. The van der Waals surface area contributed by atoms with Crippen LogP contribution < -0.4 is 0 Å². The summed E-state index contributed by atoms with van der Waals surface area (Å²) in [7, 11) is 0. The minimum absolute atomic E-state index is 0.459. The van der Waals surface area contributed by atoms with Gasteiger partial charge in [-0.15, -0.1) is 0 Å². The number of nitrogens with zero attached hydrogens (tertiary/aromatic N) is 3. The van der Waals surface area contributed by atoms with Gasteiger partial charge in [0.05, 0.1) is 22.8 Å². The number of allylic oxidation sites excluding steroid dienone is 1. The van der Waals surface area contributed by atoms with Crippen LogP contribution in [0.1, 0.15) is 29.4 Å².